The minimum Gasteiger partial charge on any atom is -0.376 e. The minimum atomic E-state index is -0.630. The molecule has 0 bridgehead atoms. The van der Waals surface area contributed by atoms with Crippen LogP contribution in [-0.4, -0.2) is 18.0 Å². The fraction of sp³-hybridized carbons (Fsp3) is 0.533. The normalized spacial score (nSPS) is 26.2. The second-order valence-electron chi connectivity index (χ2n) is 5.69. The highest BCUT2D eigenvalue weighted by atomic mass is 19.1. The standard InChI is InChI=1S/C15H22FN3O/c1-10-4-2-3-7-15(10,9-17)19-13-6-5-11(14(18)20)8-12(13)16/h5-6,8,10,19H,2-4,7,9,17H2,1H3,(H2,18,20). The van der Waals surface area contributed by atoms with Gasteiger partial charge >= 0.3 is 0 Å². The first-order valence-electron chi connectivity index (χ1n) is 7.06. The molecule has 1 saturated carbocycles. The topological polar surface area (TPSA) is 81.1 Å². The van der Waals surface area contributed by atoms with Gasteiger partial charge in [-0.25, -0.2) is 4.39 Å². The average molecular weight is 279 g/mol. The van der Waals surface area contributed by atoms with Crippen LogP contribution in [0.5, 0.6) is 0 Å². The van der Waals surface area contributed by atoms with Crippen molar-refractivity contribution in [3.63, 3.8) is 0 Å². The minimum absolute atomic E-state index is 0.173. The summed E-state index contributed by atoms with van der Waals surface area (Å²) in [5.41, 5.74) is 11.4. The molecule has 1 aliphatic rings. The van der Waals surface area contributed by atoms with Crippen molar-refractivity contribution < 1.29 is 9.18 Å². The smallest absolute Gasteiger partial charge is 0.248 e. The van der Waals surface area contributed by atoms with E-state index in [1.165, 1.54) is 18.6 Å². The van der Waals surface area contributed by atoms with E-state index in [1.54, 1.807) is 6.07 Å². The van der Waals surface area contributed by atoms with Crippen LogP contribution in [0.15, 0.2) is 18.2 Å². The van der Waals surface area contributed by atoms with Crippen LogP contribution in [-0.2, 0) is 0 Å². The largest absolute Gasteiger partial charge is 0.376 e. The van der Waals surface area contributed by atoms with E-state index in [1.807, 2.05) is 0 Å². The van der Waals surface area contributed by atoms with E-state index in [2.05, 4.69) is 12.2 Å². The molecule has 5 heteroatoms. The maximum Gasteiger partial charge on any atom is 0.248 e. The number of rotatable bonds is 4. The van der Waals surface area contributed by atoms with Crippen molar-refractivity contribution in [2.45, 2.75) is 38.1 Å². The van der Waals surface area contributed by atoms with Gasteiger partial charge in [-0.3, -0.25) is 4.79 Å². The van der Waals surface area contributed by atoms with Gasteiger partial charge in [-0.2, -0.15) is 0 Å². The molecule has 0 aliphatic heterocycles. The summed E-state index contributed by atoms with van der Waals surface area (Å²) in [6.07, 6.45) is 4.30. The van der Waals surface area contributed by atoms with E-state index in [0.717, 1.165) is 19.3 Å². The van der Waals surface area contributed by atoms with Gasteiger partial charge in [0.05, 0.1) is 11.2 Å². The Bertz CT molecular complexity index is 506. The fourth-order valence-electron chi connectivity index (χ4n) is 2.99. The van der Waals surface area contributed by atoms with Gasteiger partial charge < -0.3 is 16.8 Å². The summed E-state index contributed by atoms with van der Waals surface area (Å²) in [6, 6.07) is 4.27. The molecule has 1 aromatic carbocycles. The predicted molar refractivity (Wildman–Crippen MR) is 78.0 cm³/mol. The Morgan fingerprint density at radius 3 is 2.80 bits per heavy atom. The molecule has 0 heterocycles. The predicted octanol–water partition coefficient (Wildman–Crippen LogP) is 2.24. The fourth-order valence-corrected chi connectivity index (χ4v) is 2.99. The number of carbonyl (C=O) groups is 1. The average Bonchev–Trinajstić information content (AvgIpc) is 2.43. The van der Waals surface area contributed by atoms with E-state index in [0.29, 0.717) is 18.2 Å². The first-order valence-corrected chi connectivity index (χ1v) is 7.06. The highest BCUT2D eigenvalue weighted by Crippen LogP contribution is 2.36. The van der Waals surface area contributed by atoms with Gasteiger partial charge in [0.25, 0.3) is 0 Å². The number of nitrogens with one attached hydrogen (secondary N) is 1. The Morgan fingerprint density at radius 1 is 1.50 bits per heavy atom. The van der Waals surface area contributed by atoms with Crippen molar-refractivity contribution in [3.8, 4) is 0 Å². The van der Waals surface area contributed by atoms with Gasteiger partial charge in [0.1, 0.15) is 5.82 Å². The van der Waals surface area contributed by atoms with Crippen LogP contribution in [0.4, 0.5) is 10.1 Å². The molecule has 1 aliphatic carbocycles. The Kier molecular flexibility index (Phi) is 4.28. The zero-order valence-corrected chi connectivity index (χ0v) is 11.8. The Balaban J connectivity index is 2.25. The second-order valence-corrected chi connectivity index (χ2v) is 5.69. The molecule has 2 atom stereocenters. The van der Waals surface area contributed by atoms with Gasteiger partial charge in [0.2, 0.25) is 5.91 Å². The summed E-state index contributed by atoms with van der Waals surface area (Å²) in [7, 11) is 0. The monoisotopic (exact) mass is 279 g/mol. The quantitative estimate of drug-likeness (QED) is 0.790. The maximum atomic E-state index is 14.1. The number of nitrogens with two attached hydrogens (primary N) is 2. The number of hydrogen-bond donors (Lipinski definition) is 3. The highest BCUT2D eigenvalue weighted by Gasteiger charge is 2.37. The summed E-state index contributed by atoms with van der Waals surface area (Å²) < 4.78 is 14.1. The molecule has 0 aromatic heterocycles. The Morgan fingerprint density at radius 2 is 2.25 bits per heavy atom. The SMILES string of the molecule is CC1CCCCC1(CN)Nc1ccc(C(N)=O)cc1F. The van der Waals surface area contributed by atoms with Crippen molar-refractivity contribution in [1.82, 2.24) is 0 Å². The molecular weight excluding hydrogens is 257 g/mol. The number of halogens is 1. The first kappa shape index (κ1) is 14.8. The number of hydrogen-bond acceptors (Lipinski definition) is 3. The van der Waals surface area contributed by atoms with Crippen LogP contribution in [0.3, 0.4) is 0 Å². The van der Waals surface area contributed by atoms with E-state index in [9.17, 15) is 9.18 Å². The molecule has 0 saturated heterocycles. The first-order chi connectivity index (χ1) is 9.48. The summed E-state index contributed by atoms with van der Waals surface area (Å²) in [4.78, 5) is 11.0. The molecule has 0 spiro atoms. The van der Waals surface area contributed by atoms with E-state index < -0.39 is 11.7 Å². The zero-order valence-electron chi connectivity index (χ0n) is 11.8. The van der Waals surface area contributed by atoms with Gasteiger partial charge in [-0.1, -0.05) is 19.8 Å². The Hall–Kier alpha value is -1.62. The van der Waals surface area contributed by atoms with Gasteiger partial charge in [0, 0.05) is 12.1 Å². The third-order valence-corrected chi connectivity index (χ3v) is 4.45. The third-order valence-electron chi connectivity index (χ3n) is 4.45. The highest BCUT2D eigenvalue weighted by molar-refractivity contribution is 5.93. The second kappa shape index (κ2) is 5.79. The lowest BCUT2D eigenvalue weighted by Gasteiger charge is -2.43. The molecule has 1 aromatic rings. The van der Waals surface area contributed by atoms with Crippen LogP contribution in [0.25, 0.3) is 0 Å². The molecule has 0 radical (unpaired) electrons. The summed E-state index contributed by atoms with van der Waals surface area (Å²) in [5.74, 6) is -0.710. The number of carbonyl (C=O) groups excluding carboxylic acids is 1. The lowest BCUT2D eigenvalue weighted by atomic mass is 9.73. The lowest BCUT2D eigenvalue weighted by molar-refractivity contribution is 0.1000. The van der Waals surface area contributed by atoms with Crippen LogP contribution < -0.4 is 16.8 Å². The van der Waals surface area contributed by atoms with Crippen LogP contribution >= 0.6 is 0 Å². The van der Waals surface area contributed by atoms with Crippen molar-refractivity contribution in [1.29, 1.82) is 0 Å². The number of benzene rings is 1. The van der Waals surface area contributed by atoms with Crippen molar-refractivity contribution in [3.05, 3.63) is 29.6 Å². The van der Waals surface area contributed by atoms with Crippen LogP contribution in [0, 0.1) is 11.7 Å². The van der Waals surface area contributed by atoms with Gasteiger partial charge in [-0.15, -0.1) is 0 Å². The number of primary amides is 1. The summed E-state index contributed by atoms with van der Waals surface area (Å²) in [6.45, 7) is 2.61. The van der Waals surface area contributed by atoms with Crippen molar-refractivity contribution >= 4 is 11.6 Å². The van der Waals surface area contributed by atoms with E-state index in [-0.39, 0.29) is 11.1 Å². The molecule has 5 N–H and O–H groups in total. The molecule has 110 valence electrons. The number of amides is 1. The third kappa shape index (κ3) is 2.77. The van der Waals surface area contributed by atoms with E-state index >= 15 is 0 Å². The van der Waals surface area contributed by atoms with Gasteiger partial charge in [-0.05, 0) is 37.0 Å². The van der Waals surface area contributed by atoms with Gasteiger partial charge in [0.15, 0.2) is 0 Å². The summed E-state index contributed by atoms with van der Waals surface area (Å²) >= 11 is 0. The Labute approximate surface area is 118 Å². The molecule has 2 unspecified atom stereocenters. The van der Waals surface area contributed by atoms with Crippen LogP contribution in [0.2, 0.25) is 0 Å². The zero-order chi connectivity index (χ0) is 14.8. The lowest BCUT2D eigenvalue weighted by Crippen LogP contribution is -2.52. The maximum absolute atomic E-state index is 14.1. The van der Waals surface area contributed by atoms with Crippen molar-refractivity contribution in [2.75, 3.05) is 11.9 Å². The molecule has 2 rings (SSSR count). The summed E-state index contributed by atoms with van der Waals surface area (Å²) in [5, 5.41) is 3.28. The van der Waals surface area contributed by atoms with Crippen LogP contribution in [0.1, 0.15) is 43.0 Å². The molecular formula is C15H22FN3O. The van der Waals surface area contributed by atoms with E-state index in [4.69, 9.17) is 11.5 Å². The molecule has 1 amide bonds. The van der Waals surface area contributed by atoms with Crippen molar-refractivity contribution in [2.24, 2.45) is 17.4 Å². The molecule has 20 heavy (non-hydrogen) atoms. The molecule has 4 nitrogen and oxygen atoms in total. The molecule has 1 fully saturated rings. The number of anilines is 1.